The van der Waals surface area contributed by atoms with Gasteiger partial charge in [-0.15, -0.1) is 0 Å². The maximum absolute atomic E-state index is 12.2. The van der Waals surface area contributed by atoms with Crippen LogP contribution in [-0.4, -0.2) is 39.5 Å². The first kappa shape index (κ1) is 14.5. The van der Waals surface area contributed by atoms with Gasteiger partial charge in [0.05, 0.1) is 16.9 Å². The van der Waals surface area contributed by atoms with E-state index in [0.29, 0.717) is 18.5 Å². The van der Waals surface area contributed by atoms with Crippen LogP contribution >= 0.6 is 0 Å². The first-order valence-corrected chi connectivity index (χ1v) is 6.61. The van der Waals surface area contributed by atoms with Crippen molar-refractivity contribution in [2.75, 3.05) is 13.1 Å². The van der Waals surface area contributed by atoms with Gasteiger partial charge >= 0.3 is 0 Å². The van der Waals surface area contributed by atoms with Gasteiger partial charge in [0.15, 0.2) is 0 Å². The smallest absolute Gasteiger partial charge is 0.273 e. The Labute approximate surface area is 117 Å². The third kappa shape index (κ3) is 3.33. The second-order valence-electron chi connectivity index (χ2n) is 5.48. The Morgan fingerprint density at radius 3 is 2.85 bits per heavy atom. The quantitative estimate of drug-likeness (QED) is 0.671. The molecule has 2 rings (SSSR count). The molecule has 0 bridgehead atoms. The van der Waals surface area contributed by atoms with E-state index in [1.807, 2.05) is 0 Å². The topological polar surface area (TPSA) is 83.7 Å². The van der Waals surface area contributed by atoms with E-state index in [1.165, 1.54) is 6.07 Å². The van der Waals surface area contributed by atoms with E-state index < -0.39 is 10.5 Å². The summed E-state index contributed by atoms with van der Waals surface area (Å²) >= 11 is 0. The number of nitro groups is 1. The summed E-state index contributed by atoms with van der Waals surface area (Å²) in [5, 5.41) is 20.9. The molecule has 1 unspecified atom stereocenters. The van der Waals surface area contributed by atoms with Crippen molar-refractivity contribution in [2.24, 2.45) is 0 Å². The van der Waals surface area contributed by atoms with E-state index >= 15 is 0 Å². The van der Waals surface area contributed by atoms with E-state index in [9.17, 15) is 20.0 Å². The molecule has 20 heavy (non-hydrogen) atoms. The Kier molecular flexibility index (Phi) is 4.04. The summed E-state index contributed by atoms with van der Waals surface area (Å²) in [6, 6.07) is 6.26. The molecule has 1 aromatic carbocycles. The van der Waals surface area contributed by atoms with Crippen LogP contribution in [-0.2, 0) is 11.2 Å². The van der Waals surface area contributed by atoms with Crippen LogP contribution in [0.3, 0.4) is 0 Å². The number of β-amino-alcohol motifs (C(OH)–C–C–N with tert-alkyl or cyclic N) is 1. The average Bonchev–Trinajstić information content (AvgIpc) is 2.38. The Morgan fingerprint density at radius 2 is 2.20 bits per heavy atom. The molecular weight excluding hydrogens is 260 g/mol. The molecule has 1 aliphatic rings. The van der Waals surface area contributed by atoms with Crippen molar-refractivity contribution in [3.63, 3.8) is 0 Å². The van der Waals surface area contributed by atoms with Gasteiger partial charge in [0.25, 0.3) is 5.69 Å². The third-order valence-electron chi connectivity index (χ3n) is 3.56. The highest BCUT2D eigenvalue weighted by molar-refractivity contribution is 5.80. The molecule has 1 N–H and O–H groups in total. The normalized spacial score (nSPS) is 22.6. The van der Waals surface area contributed by atoms with Crippen molar-refractivity contribution >= 4 is 11.6 Å². The summed E-state index contributed by atoms with van der Waals surface area (Å²) < 4.78 is 0. The molecule has 0 spiro atoms. The van der Waals surface area contributed by atoms with Crippen LogP contribution in [0.15, 0.2) is 24.3 Å². The van der Waals surface area contributed by atoms with E-state index in [0.717, 1.165) is 6.42 Å². The SMILES string of the molecule is CC1(O)CCCN(C(=O)Cc2ccccc2[N+](=O)[O-])C1. The summed E-state index contributed by atoms with van der Waals surface area (Å²) in [5.41, 5.74) is -0.492. The van der Waals surface area contributed by atoms with Crippen molar-refractivity contribution in [1.29, 1.82) is 0 Å². The van der Waals surface area contributed by atoms with Crippen molar-refractivity contribution in [1.82, 2.24) is 4.90 Å². The lowest BCUT2D eigenvalue weighted by atomic mass is 9.94. The van der Waals surface area contributed by atoms with E-state index in [1.54, 1.807) is 30.0 Å². The number of hydrogen-bond acceptors (Lipinski definition) is 4. The zero-order chi connectivity index (χ0) is 14.8. The van der Waals surface area contributed by atoms with Gasteiger partial charge in [-0.05, 0) is 19.8 Å². The zero-order valence-corrected chi connectivity index (χ0v) is 11.4. The zero-order valence-electron chi connectivity index (χ0n) is 11.4. The lowest BCUT2D eigenvalue weighted by molar-refractivity contribution is -0.385. The van der Waals surface area contributed by atoms with Crippen molar-refractivity contribution < 1.29 is 14.8 Å². The van der Waals surface area contributed by atoms with E-state index in [-0.39, 0.29) is 24.6 Å². The number of aliphatic hydroxyl groups is 1. The number of hydrogen-bond donors (Lipinski definition) is 1. The monoisotopic (exact) mass is 278 g/mol. The summed E-state index contributed by atoms with van der Waals surface area (Å²) in [6.45, 7) is 2.58. The van der Waals surface area contributed by atoms with Gasteiger partial charge < -0.3 is 10.0 Å². The molecule has 1 heterocycles. The number of piperidine rings is 1. The Bertz CT molecular complexity index is 528. The maximum Gasteiger partial charge on any atom is 0.273 e. The summed E-state index contributed by atoms with van der Waals surface area (Å²) in [5.74, 6) is -0.181. The number of para-hydroxylation sites is 1. The highest BCUT2D eigenvalue weighted by Gasteiger charge is 2.31. The summed E-state index contributed by atoms with van der Waals surface area (Å²) in [7, 11) is 0. The average molecular weight is 278 g/mol. The predicted octanol–water partition coefficient (Wildman–Crippen LogP) is 1.51. The molecule has 1 aromatic rings. The van der Waals surface area contributed by atoms with Crippen LogP contribution in [0.1, 0.15) is 25.3 Å². The molecule has 6 nitrogen and oxygen atoms in total. The molecule has 0 radical (unpaired) electrons. The minimum Gasteiger partial charge on any atom is -0.388 e. The van der Waals surface area contributed by atoms with Crippen molar-refractivity contribution in [3.05, 3.63) is 39.9 Å². The molecular formula is C14H18N2O4. The van der Waals surface area contributed by atoms with Crippen LogP contribution in [0.25, 0.3) is 0 Å². The number of amides is 1. The number of rotatable bonds is 3. The molecule has 1 atom stereocenters. The predicted molar refractivity (Wildman–Crippen MR) is 73.2 cm³/mol. The Balaban J connectivity index is 2.10. The largest absolute Gasteiger partial charge is 0.388 e. The van der Waals surface area contributed by atoms with Crippen molar-refractivity contribution in [2.45, 2.75) is 31.8 Å². The van der Waals surface area contributed by atoms with Gasteiger partial charge in [0, 0.05) is 24.7 Å². The number of nitrogens with zero attached hydrogens (tertiary/aromatic N) is 2. The second-order valence-corrected chi connectivity index (χ2v) is 5.48. The van der Waals surface area contributed by atoms with Gasteiger partial charge in [-0.25, -0.2) is 0 Å². The first-order chi connectivity index (χ1) is 9.39. The van der Waals surface area contributed by atoms with Gasteiger partial charge in [0.2, 0.25) is 5.91 Å². The molecule has 1 saturated heterocycles. The molecule has 1 aliphatic heterocycles. The van der Waals surface area contributed by atoms with Crippen molar-refractivity contribution in [3.8, 4) is 0 Å². The Hall–Kier alpha value is -1.95. The lowest BCUT2D eigenvalue weighted by Gasteiger charge is -2.36. The van der Waals surface area contributed by atoms with Crippen LogP contribution < -0.4 is 0 Å². The van der Waals surface area contributed by atoms with Crippen LogP contribution in [0.4, 0.5) is 5.69 Å². The van der Waals surface area contributed by atoms with Crippen LogP contribution in [0.2, 0.25) is 0 Å². The number of carbonyl (C=O) groups excluding carboxylic acids is 1. The fraction of sp³-hybridized carbons (Fsp3) is 0.500. The fourth-order valence-corrected chi connectivity index (χ4v) is 2.55. The van der Waals surface area contributed by atoms with Gasteiger partial charge in [-0.2, -0.15) is 0 Å². The number of nitro benzene ring substituents is 1. The van der Waals surface area contributed by atoms with Crippen LogP contribution in [0.5, 0.6) is 0 Å². The molecule has 1 fully saturated rings. The van der Waals surface area contributed by atoms with Crippen LogP contribution in [0, 0.1) is 10.1 Å². The van der Waals surface area contributed by atoms with Gasteiger partial charge in [-0.1, -0.05) is 18.2 Å². The first-order valence-electron chi connectivity index (χ1n) is 6.61. The highest BCUT2D eigenvalue weighted by Crippen LogP contribution is 2.23. The molecule has 108 valence electrons. The molecule has 0 aromatic heterocycles. The standard InChI is InChI=1S/C14H18N2O4/c1-14(18)7-4-8-15(10-14)13(17)9-11-5-2-3-6-12(11)16(19)20/h2-3,5-6,18H,4,7-10H2,1H3. The molecule has 0 aliphatic carbocycles. The summed E-state index contributed by atoms with van der Waals surface area (Å²) in [6.07, 6.45) is 1.41. The number of benzene rings is 1. The molecule has 1 amide bonds. The van der Waals surface area contributed by atoms with E-state index in [2.05, 4.69) is 0 Å². The minimum atomic E-state index is -0.865. The fourth-order valence-electron chi connectivity index (χ4n) is 2.55. The van der Waals surface area contributed by atoms with Gasteiger partial charge in [0.1, 0.15) is 0 Å². The lowest BCUT2D eigenvalue weighted by Crippen LogP contribution is -2.49. The summed E-state index contributed by atoms with van der Waals surface area (Å²) in [4.78, 5) is 24.3. The second kappa shape index (κ2) is 5.58. The molecule has 0 saturated carbocycles. The van der Waals surface area contributed by atoms with E-state index in [4.69, 9.17) is 0 Å². The van der Waals surface area contributed by atoms with Gasteiger partial charge in [-0.3, -0.25) is 14.9 Å². The minimum absolute atomic E-state index is 0.00671. The maximum atomic E-state index is 12.2. The molecule has 6 heteroatoms. The third-order valence-corrected chi connectivity index (χ3v) is 3.56. The number of carbonyl (C=O) groups is 1. The highest BCUT2D eigenvalue weighted by atomic mass is 16.6. The Morgan fingerprint density at radius 1 is 1.50 bits per heavy atom. The number of likely N-dealkylation sites (tertiary alicyclic amines) is 1.